The van der Waals surface area contributed by atoms with E-state index in [0.717, 1.165) is 37.7 Å². The number of benzene rings is 1. The molecule has 1 rings (SSSR count). The molecule has 5 heteroatoms. The highest BCUT2D eigenvalue weighted by atomic mass is 16.5. The maximum atomic E-state index is 12.4. The van der Waals surface area contributed by atoms with Crippen LogP contribution in [0.4, 0.5) is 0 Å². The standard InChI is InChI=1S/C20H30O5/c1-2-3-4-8-11-18(12-13-19(22)24-15-14-21)20(23)25-16-17-9-6-5-7-10-17/h5-7,9-10,18,21H,2-4,8,11-16H2,1H3. The van der Waals surface area contributed by atoms with Crippen molar-refractivity contribution in [3.63, 3.8) is 0 Å². The summed E-state index contributed by atoms with van der Waals surface area (Å²) < 4.78 is 10.3. The van der Waals surface area contributed by atoms with Crippen LogP contribution in [-0.4, -0.2) is 30.3 Å². The largest absolute Gasteiger partial charge is 0.463 e. The van der Waals surface area contributed by atoms with Gasteiger partial charge in [-0.15, -0.1) is 0 Å². The first-order valence-electron chi connectivity index (χ1n) is 9.14. The number of carbonyl (C=O) groups is 2. The van der Waals surface area contributed by atoms with Crippen molar-refractivity contribution in [3.8, 4) is 0 Å². The van der Waals surface area contributed by atoms with Gasteiger partial charge in [-0.3, -0.25) is 9.59 Å². The molecule has 140 valence electrons. The lowest BCUT2D eigenvalue weighted by molar-refractivity contribution is -0.151. The first kappa shape index (κ1) is 21.2. The van der Waals surface area contributed by atoms with Crippen molar-refractivity contribution in [3.05, 3.63) is 35.9 Å². The Morgan fingerprint density at radius 2 is 1.80 bits per heavy atom. The molecule has 0 fully saturated rings. The van der Waals surface area contributed by atoms with Gasteiger partial charge in [-0.2, -0.15) is 0 Å². The minimum absolute atomic E-state index is 0.00153. The molecule has 1 atom stereocenters. The summed E-state index contributed by atoms with van der Waals surface area (Å²) in [5, 5.41) is 8.67. The van der Waals surface area contributed by atoms with Gasteiger partial charge in [-0.25, -0.2) is 0 Å². The van der Waals surface area contributed by atoms with E-state index < -0.39 is 0 Å². The van der Waals surface area contributed by atoms with Gasteiger partial charge < -0.3 is 14.6 Å². The Hall–Kier alpha value is -1.88. The summed E-state index contributed by atoms with van der Waals surface area (Å²) in [5.41, 5.74) is 0.947. The van der Waals surface area contributed by atoms with Gasteiger partial charge >= 0.3 is 11.9 Å². The minimum Gasteiger partial charge on any atom is -0.463 e. The lowest BCUT2D eigenvalue weighted by atomic mass is 9.96. The number of aliphatic hydroxyl groups excluding tert-OH is 1. The van der Waals surface area contributed by atoms with Crippen molar-refractivity contribution in [2.45, 2.75) is 58.5 Å². The monoisotopic (exact) mass is 350 g/mol. The Morgan fingerprint density at radius 1 is 1.04 bits per heavy atom. The number of ether oxygens (including phenoxy) is 2. The molecule has 0 aliphatic carbocycles. The minimum atomic E-state index is -0.386. The van der Waals surface area contributed by atoms with Crippen LogP contribution in [0.5, 0.6) is 0 Å². The zero-order valence-corrected chi connectivity index (χ0v) is 15.1. The molecule has 0 aliphatic heterocycles. The molecule has 1 aromatic rings. The molecule has 1 unspecified atom stereocenters. The van der Waals surface area contributed by atoms with Crippen LogP contribution in [0.25, 0.3) is 0 Å². The van der Waals surface area contributed by atoms with Crippen molar-refractivity contribution in [1.29, 1.82) is 0 Å². The highest BCUT2D eigenvalue weighted by molar-refractivity contribution is 5.74. The summed E-state index contributed by atoms with van der Waals surface area (Å²) in [6.45, 7) is 2.20. The molecule has 1 aromatic carbocycles. The predicted molar refractivity (Wildman–Crippen MR) is 95.8 cm³/mol. The van der Waals surface area contributed by atoms with Crippen LogP contribution in [0.3, 0.4) is 0 Å². The second kappa shape index (κ2) is 13.4. The Morgan fingerprint density at radius 3 is 2.48 bits per heavy atom. The highest BCUT2D eigenvalue weighted by Crippen LogP contribution is 2.19. The number of esters is 2. The molecular formula is C20H30O5. The van der Waals surface area contributed by atoms with E-state index in [-0.39, 0.29) is 44.1 Å². The summed E-state index contributed by atoms with van der Waals surface area (Å²) in [5.74, 6) is -0.930. The second-order valence-corrected chi connectivity index (χ2v) is 6.12. The van der Waals surface area contributed by atoms with Crippen LogP contribution in [0.2, 0.25) is 0 Å². The van der Waals surface area contributed by atoms with E-state index in [1.165, 1.54) is 0 Å². The predicted octanol–water partition coefficient (Wildman–Crippen LogP) is 3.63. The molecule has 0 bridgehead atoms. The molecule has 0 radical (unpaired) electrons. The summed E-state index contributed by atoms with van der Waals surface area (Å²) in [6.07, 6.45) is 5.61. The van der Waals surface area contributed by atoms with Gasteiger partial charge in [0.15, 0.2) is 0 Å². The highest BCUT2D eigenvalue weighted by Gasteiger charge is 2.21. The van der Waals surface area contributed by atoms with Crippen LogP contribution in [0.15, 0.2) is 30.3 Å². The van der Waals surface area contributed by atoms with E-state index in [2.05, 4.69) is 6.92 Å². The number of carbonyl (C=O) groups excluding carboxylic acids is 2. The fourth-order valence-electron chi connectivity index (χ4n) is 2.57. The number of aliphatic hydroxyl groups is 1. The van der Waals surface area contributed by atoms with Crippen molar-refractivity contribution >= 4 is 11.9 Å². The van der Waals surface area contributed by atoms with Gasteiger partial charge in [0.2, 0.25) is 0 Å². The van der Waals surface area contributed by atoms with E-state index in [1.54, 1.807) is 0 Å². The van der Waals surface area contributed by atoms with Gasteiger partial charge in [-0.1, -0.05) is 62.9 Å². The quantitative estimate of drug-likeness (QED) is 0.434. The van der Waals surface area contributed by atoms with Gasteiger partial charge in [0.25, 0.3) is 0 Å². The lowest BCUT2D eigenvalue weighted by Crippen LogP contribution is -2.20. The Bertz CT molecular complexity index is 486. The Labute approximate surface area is 150 Å². The number of hydrogen-bond donors (Lipinski definition) is 1. The van der Waals surface area contributed by atoms with Crippen LogP contribution in [0, 0.1) is 5.92 Å². The second-order valence-electron chi connectivity index (χ2n) is 6.12. The molecule has 0 aromatic heterocycles. The zero-order chi connectivity index (χ0) is 18.3. The molecule has 5 nitrogen and oxygen atoms in total. The molecule has 0 amide bonds. The summed E-state index contributed by atoms with van der Waals surface area (Å²) in [6, 6.07) is 9.55. The van der Waals surface area contributed by atoms with E-state index in [4.69, 9.17) is 14.6 Å². The van der Waals surface area contributed by atoms with Crippen LogP contribution in [-0.2, 0) is 25.7 Å². The van der Waals surface area contributed by atoms with Crippen molar-refractivity contribution in [2.75, 3.05) is 13.2 Å². The molecule has 1 N–H and O–H groups in total. The molecular weight excluding hydrogens is 320 g/mol. The topological polar surface area (TPSA) is 72.8 Å². The van der Waals surface area contributed by atoms with E-state index in [0.29, 0.717) is 6.42 Å². The van der Waals surface area contributed by atoms with Gasteiger partial charge in [0.05, 0.1) is 12.5 Å². The summed E-state index contributed by atoms with van der Waals surface area (Å²) in [4.78, 5) is 24.0. The van der Waals surface area contributed by atoms with Crippen molar-refractivity contribution in [2.24, 2.45) is 5.92 Å². The Kier molecular flexibility index (Phi) is 11.4. The van der Waals surface area contributed by atoms with Crippen molar-refractivity contribution in [1.82, 2.24) is 0 Å². The number of unbranched alkanes of at least 4 members (excludes halogenated alkanes) is 3. The maximum absolute atomic E-state index is 12.4. The summed E-state index contributed by atoms with van der Waals surface area (Å²) >= 11 is 0. The third kappa shape index (κ3) is 9.87. The van der Waals surface area contributed by atoms with E-state index in [1.807, 2.05) is 30.3 Å². The van der Waals surface area contributed by atoms with Gasteiger partial charge in [0, 0.05) is 6.42 Å². The Balaban J connectivity index is 2.46. The SMILES string of the molecule is CCCCCCC(CCC(=O)OCCO)C(=O)OCc1ccccc1. The first-order chi connectivity index (χ1) is 12.2. The van der Waals surface area contributed by atoms with Crippen molar-refractivity contribution < 1.29 is 24.2 Å². The molecule has 0 aliphatic rings. The molecule has 0 heterocycles. The summed E-state index contributed by atoms with van der Waals surface area (Å²) in [7, 11) is 0. The molecule has 0 saturated carbocycles. The molecule has 25 heavy (non-hydrogen) atoms. The molecule has 0 spiro atoms. The number of hydrogen-bond acceptors (Lipinski definition) is 5. The third-order valence-electron chi connectivity index (χ3n) is 4.01. The van der Waals surface area contributed by atoms with Crippen LogP contribution >= 0.6 is 0 Å². The van der Waals surface area contributed by atoms with Gasteiger partial charge in [-0.05, 0) is 18.4 Å². The fourth-order valence-corrected chi connectivity index (χ4v) is 2.57. The van der Waals surface area contributed by atoms with Crippen LogP contribution in [0.1, 0.15) is 57.4 Å². The molecule has 0 saturated heterocycles. The maximum Gasteiger partial charge on any atom is 0.309 e. The smallest absolute Gasteiger partial charge is 0.309 e. The van der Waals surface area contributed by atoms with Gasteiger partial charge in [0.1, 0.15) is 13.2 Å². The van der Waals surface area contributed by atoms with E-state index in [9.17, 15) is 9.59 Å². The lowest BCUT2D eigenvalue weighted by Gasteiger charge is -2.16. The zero-order valence-electron chi connectivity index (χ0n) is 15.1. The average molecular weight is 350 g/mol. The third-order valence-corrected chi connectivity index (χ3v) is 4.01. The van der Waals surface area contributed by atoms with Crippen LogP contribution < -0.4 is 0 Å². The fraction of sp³-hybridized carbons (Fsp3) is 0.600. The first-order valence-corrected chi connectivity index (χ1v) is 9.14. The normalized spacial score (nSPS) is 11.8. The average Bonchev–Trinajstić information content (AvgIpc) is 2.64. The number of rotatable bonds is 13. The van der Waals surface area contributed by atoms with E-state index >= 15 is 0 Å².